The zero-order valence-corrected chi connectivity index (χ0v) is 11.9. The van der Waals surface area contributed by atoms with Gasteiger partial charge in [-0.3, -0.25) is 10.1 Å². The van der Waals surface area contributed by atoms with Gasteiger partial charge in [0.2, 0.25) is 0 Å². The van der Waals surface area contributed by atoms with Crippen molar-refractivity contribution in [2.24, 2.45) is 0 Å². The molecule has 0 saturated heterocycles. The highest BCUT2D eigenvalue weighted by Crippen LogP contribution is 2.31. The summed E-state index contributed by atoms with van der Waals surface area (Å²) >= 11 is 0. The van der Waals surface area contributed by atoms with E-state index in [0.29, 0.717) is 0 Å². The maximum atomic E-state index is 12.7. The predicted octanol–water partition coefficient (Wildman–Crippen LogP) is 4.24. The van der Waals surface area contributed by atoms with Gasteiger partial charge in [-0.05, 0) is 29.8 Å². The Morgan fingerprint density at radius 2 is 1.79 bits per heavy atom. The van der Waals surface area contributed by atoms with Crippen molar-refractivity contribution in [3.8, 4) is 0 Å². The van der Waals surface area contributed by atoms with Gasteiger partial charge in [-0.2, -0.15) is 13.2 Å². The molecule has 5 nitrogen and oxygen atoms in total. The van der Waals surface area contributed by atoms with E-state index in [4.69, 9.17) is 0 Å². The van der Waals surface area contributed by atoms with Crippen molar-refractivity contribution in [3.05, 3.63) is 75.3 Å². The number of aliphatic carboxylic acids is 1. The molecular weight excluding hydrogens is 327 g/mol. The summed E-state index contributed by atoms with van der Waals surface area (Å²) in [6.07, 6.45) is -3.61. The molecule has 0 saturated carbocycles. The third kappa shape index (κ3) is 3.78. The molecule has 0 heterocycles. The molecule has 0 aliphatic carbocycles. The van der Waals surface area contributed by atoms with Crippen LogP contribution in [0, 0.1) is 10.1 Å². The van der Waals surface area contributed by atoms with E-state index in [1.54, 1.807) is 0 Å². The maximum Gasteiger partial charge on any atom is 0.416 e. The first-order chi connectivity index (χ1) is 11.2. The molecule has 0 aromatic heterocycles. The van der Waals surface area contributed by atoms with Crippen molar-refractivity contribution >= 4 is 23.3 Å². The normalized spacial score (nSPS) is 12.0. The first-order valence-corrected chi connectivity index (χ1v) is 6.56. The molecule has 0 spiro atoms. The Bertz CT molecular complexity index is 828. The van der Waals surface area contributed by atoms with Crippen molar-refractivity contribution < 1.29 is 28.0 Å². The largest absolute Gasteiger partial charge is 0.478 e. The minimum atomic E-state index is -4.58. The van der Waals surface area contributed by atoms with Gasteiger partial charge in [-0.15, -0.1) is 0 Å². The second-order valence-corrected chi connectivity index (χ2v) is 4.76. The highest BCUT2D eigenvalue weighted by atomic mass is 19.4. The van der Waals surface area contributed by atoms with Crippen LogP contribution in [0.2, 0.25) is 0 Å². The summed E-state index contributed by atoms with van der Waals surface area (Å²) in [4.78, 5) is 21.7. The molecule has 0 amide bonds. The van der Waals surface area contributed by atoms with E-state index in [1.165, 1.54) is 24.3 Å². The lowest BCUT2D eigenvalue weighted by atomic mass is 10.00. The summed E-state index contributed by atoms with van der Waals surface area (Å²) in [6, 6.07) is 9.17. The topological polar surface area (TPSA) is 80.4 Å². The number of carboxylic acids is 1. The van der Waals surface area contributed by atoms with Gasteiger partial charge in [-0.1, -0.05) is 24.3 Å². The van der Waals surface area contributed by atoms with Gasteiger partial charge in [0, 0.05) is 6.07 Å². The lowest BCUT2D eigenvalue weighted by Crippen LogP contribution is -2.05. The van der Waals surface area contributed by atoms with Crippen LogP contribution in [0.3, 0.4) is 0 Å². The number of alkyl halides is 3. The SMILES string of the molecule is O=C(O)/C(=C\c1cccc(C(F)(F)F)c1)c1ccccc1[N+](=O)[O-]. The smallest absolute Gasteiger partial charge is 0.416 e. The summed E-state index contributed by atoms with van der Waals surface area (Å²) < 4.78 is 38.2. The van der Waals surface area contributed by atoms with E-state index >= 15 is 0 Å². The van der Waals surface area contributed by atoms with E-state index in [2.05, 4.69) is 0 Å². The lowest BCUT2D eigenvalue weighted by molar-refractivity contribution is -0.385. The Hall–Kier alpha value is -3.16. The molecule has 0 atom stereocenters. The summed E-state index contributed by atoms with van der Waals surface area (Å²) in [7, 11) is 0. The molecule has 2 aromatic carbocycles. The maximum absolute atomic E-state index is 12.7. The molecule has 0 bridgehead atoms. The molecule has 124 valence electrons. The van der Waals surface area contributed by atoms with E-state index in [1.807, 2.05) is 0 Å². The van der Waals surface area contributed by atoms with Gasteiger partial charge in [0.15, 0.2) is 0 Å². The van der Waals surface area contributed by atoms with Crippen LogP contribution >= 0.6 is 0 Å². The minimum Gasteiger partial charge on any atom is -0.478 e. The highest BCUT2D eigenvalue weighted by molar-refractivity contribution is 6.21. The van der Waals surface area contributed by atoms with Gasteiger partial charge in [0.05, 0.1) is 21.6 Å². The number of nitrogens with zero attached hydrogens (tertiary/aromatic N) is 1. The molecule has 24 heavy (non-hydrogen) atoms. The number of hydrogen-bond acceptors (Lipinski definition) is 3. The predicted molar refractivity (Wildman–Crippen MR) is 80.0 cm³/mol. The first kappa shape index (κ1) is 17.2. The van der Waals surface area contributed by atoms with Gasteiger partial charge >= 0.3 is 12.1 Å². The van der Waals surface area contributed by atoms with Crippen molar-refractivity contribution in [1.29, 1.82) is 0 Å². The van der Waals surface area contributed by atoms with Gasteiger partial charge in [0.25, 0.3) is 5.69 Å². The van der Waals surface area contributed by atoms with Crippen molar-refractivity contribution in [1.82, 2.24) is 0 Å². The molecular formula is C16H10F3NO4. The fraction of sp³-hybridized carbons (Fsp3) is 0.0625. The molecule has 2 rings (SSSR count). The Balaban J connectivity index is 2.60. The average Bonchev–Trinajstić information content (AvgIpc) is 2.52. The molecule has 0 fully saturated rings. The minimum absolute atomic E-state index is 0.0274. The first-order valence-electron chi connectivity index (χ1n) is 6.56. The fourth-order valence-corrected chi connectivity index (χ4v) is 2.09. The van der Waals surface area contributed by atoms with Crippen LogP contribution < -0.4 is 0 Å². The number of carboxylic acid groups (broad SMARTS) is 1. The monoisotopic (exact) mass is 337 g/mol. The zero-order chi connectivity index (χ0) is 17.9. The summed E-state index contributed by atoms with van der Waals surface area (Å²) in [5.74, 6) is -1.48. The Labute approximate surface area is 133 Å². The molecule has 1 N–H and O–H groups in total. The molecule has 0 unspecified atom stereocenters. The third-order valence-corrected chi connectivity index (χ3v) is 3.15. The number of halogens is 3. The van der Waals surface area contributed by atoms with Crippen LogP contribution in [0.4, 0.5) is 18.9 Å². The highest BCUT2D eigenvalue weighted by Gasteiger charge is 2.30. The molecule has 0 radical (unpaired) electrons. The summed E-state index contributed by atoms with van der Waals surface area (Å²) in [6.45, 7) is 0. The van der Waals surface area contributed by atoms with E-state index in [0.717, 1.165) is 30.3 Å². The molecule has 8 heteroatoms. The molecule has 0 aliphatic heterocycles. The number of carbonyl (C=O) groups is 1. The van der Waals surface area contributed by atoms with Gasteiger partial charge < -0.3 is 5.11 Å². The quantitative estimate of drug-likeness (QED) is 0.392. The molecule has 0 aliphatic rings. The number of para-hydroxylation sites is 1. The van der Waals surface area contributed by atoms with Crippen molar-refractivity contribution in [2.75, 3.05) is 0 Å². The second-order valence-electron chi connectivity index (χ2n) is 4.76. The number of nitro groups is 1. The number of rotatable bonds is 4. The number of hydrogen-bond donors (Lipinski definition) is 1. The second kappa shape index (κ2) is 6.53. The Kier molecular flexibility index (Phi) is 4.68. The lowest BCUT2D eigenvalue weighted by Gasteiger charge is -2.08. The van der Waals surface area contributed by atoms with E-state index in [9.17, 15) is 33.2 Å². The van der Waals surface area contributed by atoms with Crippen molar-refractivity contribution in [2.45, 2.75) is 6.18 Å². The number of benzene rings is 2. The van der Waals surface area contributed by atoms with Crippen LogP contribution in [0.25, 0.3) is 11.6 Å². The standard InChI is InChI=1S/C16H10F3NO4/c17-16(18,19)11-5-3-4-10(8-11)9-13(15(21)22)12-6-1-2-7-14(12)20(23)24/h1-9H,(H,21,22)/b13-9-. The number of nitro benzene ring substituents is 1. The molecule has 2 aromatic rings. The third-order valence-electron chi connectivity index (χ3n) is 3.15. The van der Waals surface area contributed by atoms with Crippen LogP contribution in [-0.4, -0.2) is 16.0 Å². The van der Waals surface area contributed by atoms with Crippen LogP contribution in [0.1, 0.15) is 16.7 Å². The van der Waals surface area contributed by atoms with Gasteiger partial charge in [0.1, 0.15) is 0 Å². The van der Waals surface area contributed by atoms with Crippen LogP contribution in [0.5, 0.6) is 0 Å². The fourth-order valence-electron chi connectivity index (χ4n) is 2.09. The summed E-state index contributed by atoms with van der Waals surface area (Å²) in [5, 5.41) is 20.3. The zero-order valence-electron chi connectivity index (χ0n) is 11.9. The average molecular weight is 337 g/mol. The Morgan fingerprint density at radius 3 is 2.38 bits per heavy atom. The van der Waals surface area contributed by atoms with E-state index < -0.39 is 33.9 Å². The van der Waals surface area contributed by atoms with Crippen molar-refractivity contribution in [3.63, 3.8) is 0 Å². The van der Waals surface area contributed by atoms with Gasteiger partial charge in [-0.25, -0.2) is 4.79 Å². The van der Waals surface area contributed by atoms with E-state index in [-0.39, 0.29) is 11.1 Å². The van der Waals surface area contributed by atoms with Crippen LogP contribution in [0.15, 0.2) is 48.5 Å². The summed E-state index contributed by atoms with van der Waals surface area (Å²) in [5.41, 5.74) is -2.07. The Morgan fingerprint density at radius 1 is 1.12 bits per heavy atom. The van der Waals surface area contributed by atoms with Crippen LogP contribution in [-0.2, 0) is 11.0 Å².